The third kappa shape index (κ3) is 1.92. The molecule has 0 aliphatic carbocycles. The lowest BCUT2D eigenvalue weighted by Crippen LogP contribution is -2.16. The molecule has 0 fully saturated rings. The molecule has 1 aliphatic rings. The molecule has 1 unspecified atom stereocenters. The van der Waals surface area contributed by atoms with Crippen LogP contribution in [0.4, 0.5) is 0 Å². The molecule has 3 rings (SSSR count). The Hall–Kier alpha value is -1.80. The van der Waals surface area contributed by atoms with Crippen molar-refractivity contribution in [2.45, 2.75) is 15.0 Å². The zero-order valence-corrected chi connectivity index (χ0v) is 11.8. The van der Waals surface area contributed by atoms with Gasteiger partial charge in [-0.1, -0.05) is 0 Å². The van der Waals surface area contributed by atoms with Crippen LogP contribution in [0.1, 0.15) is 10.9 Å². The Morgan fingerprint density at radius 2 is 1.90 bits per heavy atom. The molecular weight excluding hydrogens is 300 g/mol. The SMILES string of the molecule is O=S1(=O)CC(S(=O)(=O)c2cccnc2)c2ncccc21. The highest BCUT2D eigenvalue weighted by Gasteiger charge is 2.44. The summed E-state index contributed by atoms with van der Waals surface area (Å²) in [5.74, 6) is -0.476. The second kappa shape index (κ2) is 4.35. The smallest absolute Gasteiger partial charge is 0.189 e. The van der Waals surface area contributed by atoms with Gasteiger partial charge in [-0.3, -0.25) is 9.97 Å². The number of aromatic nitrogens is 2. The van der Waals surface area contributed by atoms with E-state index in [-0.39, 0.29) is 15.5 Å². The van der Waals surface area contributed by atoms with Crippen LogP contribution in [0.3, 0.4) is 0 Å². The van der Waals surface area contributed by atoms with Crippen LogP contribution in [0.2, 0.25) is 0 Å². The predicted molar refractivity (Wildman–Crippen MR) is 70.5 cm³/mol. The van der Waals surface area contributed by atoms with Crippen molar-refractivity contribution in [2.24, 2.45) is 0 Å². The van der Waals surface area contributed by atoms with Gasteiger partial charge in [0, 0.05) is 18.6 Å². The molecule has 104 valence electrons. The van der Waals surface area contributed by atoms with Gasteiger partial charge in [-0.05, 0) is 24.3 Å². The largest absolute Gasteiger partial charge is 0.263 e. The highest BCUT2D eigenvalue weighted by molar-refractivity contribution is 7.96. The number of fused-ring (bicyclic) bond motifs is 1. The maximum Gasteiger partial charge on any atom is 0.189 e. The summed E-state index contributed by atoms with van der Waals surface area (Å²) >= 11 is 0. The molecule has 1 atom stereocenters. The first-order chi connectivity index (χ1) is 9.43. The van der Waals surface area contributed by atoms with E-state index in [0.29, 0.717) is 0 Å². The number of rotatable bonds is 2. The molecule has 20 heavy (non-hydrogen) atoms. The number of hydrogen-bond acceptors (Lipinski definition) is 6. The zero-order chi connectivity index (χ0) is 14.4. The molecule has 0 spiro atoms. The molecule has 0 bridgehead atoms. The average molecular weight is 310 g/mol. The fourth-order valence-corrected chi connectivity index (χ4v) is 6.34. The van der Waals surface area contributed by atoms with Crippen LogP contribution < -0.4 is 0 Å². The first-order valence-electron chi connectivity index (χ1n) is 5.74. The molecule has 2 aromatic rings. The summed E-state index contributed by atoms with van der Waals surface area (Å²) < 4.78 is 49.1. The molecular formula is C12H10N2O4S2. The average Bonchev–Trinajstić information content (AvgIpc) is 2.73. The predicted octanol–water partition coefficient (Wildman–Crippen LogP) is 0.779. The van der Waals surface area contributed by atoms with Gasteiger partial charge in [0.1, 0.15) is 5.25 Å². The van der Waals surface area contributed by atoms with Gasteiger partial charge in [-0.2, -0.15) is 0 Å². The van der Waals surface area contributed by atoms with Gasteiger partial charge >= 0.3 is 0 Å². The van der Waals surface area contributed by atoms with Gasteiger partial charge in [0.05, 0.1) is 21.2 Å². The summed E-state index contributed by atoms with van der Waals surface area (Å²) in [7, 11) is -7.44. The fraction of sp³-hybridized carbons (Fsp3) is 0.167. The molecule has 0 amide bonds. The lowest BCUT2D eigenvalue weighted by molar-refractivity contribution is 0.581. The number of hydrogen-bond donors (Lipinski definition) is 0. The number of nitrogens with zero attached hydrogens (tertiary/aromatic N) is 2. The molecule has 0 saturated carbocycles. The summed E-state index contributed by atoms with van der Waals surface area (Å²) in [6.07, 6.45) is 4.06. The van der Waals surface area contributed by atoms with Gasteiger partial charge in [0.15, 0.2) is 19.7 Å². The summed E-state index contributed by atoms with van der Waals surface area (Å²) in [4.78, 5) is 7.71. The molecule has 0 radical (unpaired) electrons. The second-order valence-corrected chi connectivity index (χ2v) is 8.52. The third-order valence-corrected chi connectivity index (χ3v) is 7.18. The first-order valence-corrected chi connectivity index (χ1v) is 8.94. The van der Waals surface area contributed by atoms with Crippen LogP contribution in [-0.2, 0) is 19.7 Å². The highest BCUT2D eigenvalue weighted by Crippen LogP contribution is 2.39. The van der Waals surface area contributed by atoms with Crippen molar-refractivity contribution in [1.82, 2.24) is 9.97 Å². The third-order valence-electron chi connectivity index (χ3n) is 3.15. The van der Waals surface area contributed by atoms with E-state index < -0.39 is 30.7 Å². The van der Waals surface area contributed by atoms with Crippen LogP contribution in [-0.4, -0.2) is 32.6 Å². The van der Waals surface area contributed by atoms with Crippen molar-refractivity contribution in [3.8, 4) is 0 Å². The Morgan fingerprint density at radius 3 is 2.60 bits per heavy atom. The van der Waals surface area contributed by atoms with E-state index in [1.54, 1.807) is 0 Å². The molecule has 3 heterocycles. The normalized spacial score (nSPS) is 20.5. The minimum absolute atomic E-state index is 0.00120. The maximum atomic E-state index is 12.5. The lowest BCUT2D eigenvalue weighted by Gasteiger charge is -2.10. The molecule has 0 saturated heterocycles. The van der Waals surface area contributed by atoms with Gasteiger partial charge < -0.3 is 0 Å². The molecule has 0 aromatic carbocycles. The van der Waals surface area contributed by atoms with Gasteiger partial charge in [0.2, 0.25) is 0 Å². The van der Waals surface area contributed by atoms with Crippen LogP contribution in [0.25, 0.3) is 0 Å². The molecule has 6 nitrogen and oxygen atoms in total. The number of sulfone groups is 2. The maximum absolute atomic E-state index is 12.5. The summed E-state index contributed by atoms with van der Waals surface area (Å²) in [6, 6.07) is 5.76. The molecule has 1 aliphatic heterocycles. The Kier molecular flexibility index (Phi) is 2.87. The minimum atomic E-state index is -3.83. The van der Waals surface area contributed by atoms with E-state index in [1.807, 2.05) is 0 Å². The highest BCUT2D eigenvalue weighted by atomic mass is 32.2. The lowest BCUT2D eigenvalue weighted by atomic mass is 10.3. The summed E-state index contributed by atoms with van der Waals surface area (Å²) in [6.45, 7) is 0. The van der Waals surface area contributed by atoms with Crippen molar-refractivity contribution in [1.29, 1.82) is 0 Å². The van der Waals surface area contributed by atoms with Crippen LogP contribution in [0, 0.1) is 0 Å². The molecule has 0 N–H and O–H groups in total. The fourth-order valence-electron chi connectivity index (χ4n) is 2.19. The van der Waals surface area contributed by atoms with Crippen LogP contribution in [0.15, 0.2) is 52.6 Å². The van der Waals surface area contributed by atoms with Crippen molar-refractivity contribution >= 4 is 19.7 Å². The first kappa shape index (κ1) is 13.2. The summed E-state index contributed by atoms with van der Waals surface area (Å²) in [5, 5.41) is -1.17. The van der Waals surface area contributed by atoms with Crippen molar-refractivity contribution in [3.63, 3.8) is 0 Å². The monoisotopic (exact) mass is 310 g/mol. The van der Waals surface area contributed by atoms with Crippen molar-refractivity contribution in [3.05, 3.63) is 48.5 Å². The van der Waals surface area contributed by atoms with E-state index in [1.165, 1.54) is 42.9 Å². The Balaban J connectivity index is 2.19. The van der Waals surface area contributed by atoms with E-state index in [0.717, 1.165) is 0 Å². The topological polar surface area (TPSA) is 94.1 Å². The number of pyridine rings is 2. The summed E-state index contributed by atoms with van der Waals surface area (Å²) in [5.41, 5.74) is 0.0938. The van der Waals surface area contributed by atoms with E-state index in [2.05, 4.69) is 9.97 Å². The zero-order valence-electron chi connectivity index (χ0n) is 10.2. The quantitative estimate of drug-likeness (QED) is 0.813. The van der Waals surface area contributed by atoms with Gasteiger partial charge in [-0.25, -0.2) is 16.8 Å². The standard InChI is InChI=1S/C12H10N2O4S2/c15-19(16)8-11(12-10(19)4-2-6-14-12)20(17,18)9-3-1-5-13-7-9/h1-7,11H,8H2. The Labute approximate surface area is 116 Å². The molecule has 2 aromatic heterocycles. The van der Waals surface area contributed by atoms with E-state index >= 15 is 0 Å². The second-order valence-electron chi connectivity index (χ2n) is 4.39. The molecule has 8 heteroatoms. The van der Waals surface area contributed by atoms with Crippen LogP contribution in [0.5, 0.6) is 0 Å². The van der Waals surface area contributed by atoms with Crippen LogP contribution >= 0.6 is 0 Å². The van der Waals surface area contributed by atoms with Gasteiger partial charge in [-0.15, -0.1) is 0 Å². The van der Waals surface area contributed by atoms with Crippen molar-refractivity contribution in [2.75, 3.05) is 5.75 Å². The van der Waals surface area contributed by atoms with E-state index in [9.17, 15) is 16.8 Å². The minimum Gasteiger partial charge on any atom is -0.263 e. The Morgan fingerprint density at radius 1 is 1.15 bits per heavy atom. The Bertz CT molecular complexity index is 861. The van der Waals surface area contributed by atoms with E-state index in [4.69, 9.17) is 0 Å². The van der Waals surface area contributed by atoms with Gasteiger partial charge in [0.25, 0.3) is 0 Å². The van der Waals surface area contributed by atoms with Crippen molar-refractivity contribution < 1.29 is 16.8 Å².